The fourth-order valence-corrected chi connectivity index (χ4v) is 3.07. The van der Waals surface area contributed by atoms with Crippen LogP contribution in [0.5, 0.6) is 11.5 Å². The standard InChI is InChI=1S/C20H17BrFN3O5/c1-28-14-3-2-4-15(10-14)29-11-13(26)9-19-20(25-30-24-19)18(23-27)8-12-5-6-17(22)16(21)7-12/h2-7,10,27H,8-9,11H2,1H3/b23-18+. The van der Waals surface area contributed by atoms with Gasteiger partial charge in [0, 0.05) is 12.5 Å². The number of rotatable bonds is 9. The van der Waals surface area contributed by atoms with Crippen LogP contribution < -0.4 is 9.47 Å². The van der Waals surface area contributed by atoms with Crippen LogP contribution in [-0.4, -0.2) is 40.7 Å². The number of methoxy groups -OCH3 is 1. The molecule has 1 N–H and O–H groups in total. The number of aromatic nitrogens is 2. The summed E-state index contributed by atoms with van der Waals surface area (Å²) in [6.45, 7) is -0.198. The van der Waals surface area contributed by atoms with Crippen LogP contribution in [0.3, 0.4) is 0 Å². The molecule has 0 saturated carbocycles. The lowest BCUT2D eigenvalue weighted by atomic mass is 10.0. The van der Waals surface area contributed by atoms with Gasteiger partial charge in [-0.25, -0.2) is 9.02 Å². The summed E-state index contributed by atoms with van der Waals surface area (Å²) in [5, 5.41) is 20.1. The van der Waals surface area contributed by atoms with E-state index in [1.807, 2.05) is 0 Å². The van der Waals surface area contributed by atoms with Gasteiger partial charge in [0.2, 0.25) is 0 Å². The summed E-state index contributed by atoms with van der Waals surface area (Å²) in [6, 6.07) is 11.3. The van der Waals surface area contributed by atoms with E-state index in [4.69, 9.17) is 14.1 Å². The molecule has 2 aromatic carbocycles. The minimum absolute atomic E-state index is 0.130. The summed E-state index contributed by atoms with van der Waals surface area (Å²) < 4.78 is 29.0. The Bertz CT molecular complexity index is 1070. The van der Waals surface area contributed by atoms with Crippen LogP contribution in [0.15, 0.2) is 56.7 Å². The number of benzene rings is 2. The van der Waals surface area contributed by atoms with Crippen LogP contribution in [0.4, 0.5) is 4.39 Å². The number of oxime groups is 1. The molecule has 0 aliphatic rings. The molecule has 8 nitrogen and oxygen atoms in total. The Hall–Kier alpha value is -3.27. The maximum absolute atomic E-state index is 13.4. The first kappa shape index (κ1) is 21.4. The van der Waals surface area contributed by atoms with E-state index in [1.165, 1.54) is 13.2 Å². The molecule has 0 unspecified atom stereocenters. The Kier molecular flexibility index (Phi) is 7.12. The van der Waals surface area contributed by atoms with Gasteiger partial charge in [-0.2, -0.15) is 0 Å². The maximum atomic E-state index is 13.4. The monoisotopic (exact) mass is 477 g/mol. The second-order valence-electron chi connectivity index (χ2n) is 6.21. The van der Waals surface area contributed by atoms with Crippen molar-refractivity contribution in [2.45, 2.75) is 12.8 Å². The van der Waals surface area contributed by atoms with E-state index in [0.29, 0.717) is 17.1 Å². The second-order valence-corrected chi connectivity index (χ2v) is 7.07. The summed E-state index contributed by atoms with van der Waals surface area (Å²) in [5.74, 6) is 0.406. The van der Waals surface area contributed by atoms with Gasteiger partial charge in [-0.05, 0) is 50.9 Å². The molecule has 10 heteroatoms. The molecule has 156 valence electrons. The normalized spacial score (nSPS) is 11.4. The lowest BCUT2D eigenvalue weighted by Gasteiger charge is -2.07. The van der Waals surface area contributed by atoms with E-state index in [-0.39, 0.29) is 46.8 Å². The highest BCUT2D eigenvalue weighted by Crippen LogP contribution is 2.20. The van der Waals surface area contributed by atoms with Crippen molar-refractivity contribution in [2.75, 3.05) is 13.7 Å². The van der Waals surface area contributed by atoms with Crippen LogP contribution in [0, 0.1) is 5.82 Å². The zero-order chi connectivity index (χ0) is 21.5. The van der Waals surface area contributed by atoms with Crippen LogP contribution >= 0.6 is 15.9 Å². The third kappa shape index (κ3) is 5.41. The minimum Gasteiger partial charge on any atom is -0.497 e. The predicted octanol–water partition coefficient (Wildman–Crippen LogP) is 3.59. The van der Waals surface area contributed by atoms with E-state index in [1.54, 1.807) is 36.4 Å². The van der Waals surface area contributed by atoms with E-state index < -0.39 is 5.82 Å². The molecule has 3 rings (SSSR count). The number of hydrogen-bond acceptors (Lipinski definition) is 8. The third-order valence-corrected chi connectivity index (χ3v) is 4.72. The van der Waals surface area contributed by atoms with Crippen molar-refractivity contribution >= 4 is 27.4 Å². The Labute approximate surface area is 179 Å². The van der Waals surface area contributed by atoms with Gasteiger partial charge >= 0.3 is 0 Å². The molecule has 0 aliphatic heterocycles. The third-order valence-electron chi connectivity index (χ3n) is 4.11. The molecule has 0 fully saturated rings. The highest BCUT2D eigenvalue weighted by molar-refractivity contribution is 9.10. The summed E-state index contributed by atoms with van der Waals surface area (Å²) >= 11 is 3.11. The first-order valence-electron chi connectivity index (χ1n) is 8.75. The lowest BCUT2D eigenvalue weighted by molar-refractivity contribution is -0.120. The van der Waals surface area contributed by atoms with Crippen LogP contribution in [0.1, 0.15) is 17.0 Å². The molecule has 3 aromatic rings. The number of carbonyl (C=O) groups is 1. The van der Waals surface area contributed by atoms with Crippen molar-refractivity contribution in [3.05, 3.63) is 69.7 Å². The van der Waals surface area contributed by atoms with Crippen LogP contribution in [0.2, 0.25) is 0 Å². The second kappa shape index (κ2) is 9.97. The molecule has 30 heavy (non-hydrogen) atoms. The smallest absolute Gasteiger partial charge is 0.176 e. The molecule has 0 saturated heterocycles. The Morgan fingerprint density at radius 2 is 2.00 bits per heavy atom. The Balaban J connectivity index is 1.65. The predicted molar refractivity (Wildman–Crippen MR) is 108 cm³/mol. The number of nitrogens with zero attached hydrogens (tertiary/aromatic N) is 3. The van der Waals surface area contributed by atoms with Crippen LogP contribution in [-0.2, 0) is 17.6 Å². The van der Waals surface area contributed by atoms with E-state index in [2.05, 4.69) is 31.4 Å². The lowest BCUT2D eigenvalue weighted by Crippen LogP contribution is -2.17. The van der Waals surface area contributed by atoms with Crippen molar-refractivity contribution < 1.29 is 28.5 Å². The number of halogens is 2. The van der Waals surface area contributed by atoms with Gasteiger partial charge in [0.05, 0.1) is 18.0 Å². The summed E-state index contributed by atoms with van der Waals surface area (Å²) in [5.41, 5.74) is 1.15. The maximum Gasteiger partial charge on any atom is 0.176 e. The molecule has 1 heterocycles. The van der Waals surface area contributed by atoms with Gasteiger partial charge in [-0.1, -0.05) is 22.4 Å². The fraction of sp³-hybridized carbons (Fsp3) is 0.200. The van der Waals surface area contributed by atoms with Gasteiger partial charge in [-0.3, -0.25) is 4.79 Å². The van der Waals surface area contributed by atoms with Crippen molar-refractivity contribution in [3.63, 3.8) is 0 Å². The van der Waals surface area contributed by atoms with E-state index in [9.17, 15) is 14.4 Å². The Morgan fingerprint density at radius 1 is 1.20 bits per heavy atom. The van der Waals surface area contributed by atoms with Gasteiger partial charge in [-0.15, -0.1) is 0 Å². The number of carbonyl (C=O) groups excluding carboxylic acids is 1. The Morgan fingerprint density at radius 3 is 2.73 bits per heavy atom. The summed E-state index contributed by atoms with van der Waals surface area (Å²) in [6.07, 6.45) is 0.0000276. The zero-order valence-electron chi connectivity index (χ0n) is 15.8. The van der Waals surface area contributed by atoms with Crippen molar-refractivity contribution in [1.29, 1.82) is 0 Å². The van der Waals surface area contributed by atoms with Gasteiger partial charge in [0.25, 0.3) is 0 Å². The van der Waals surface area contributed by atoms with Crippen molar-refractivity contribution in [2.24, 2.45) is 5.16 Å². The highest BCUT2D eigenvalue weighted by atomic mass is 79.9. The van der Waals surface area contributed by atoms with Gasteiger partial charge < -0.3 is 14.7 Å². The molecular formula is C20H17BrFN3O5. The average Bonchev–Trinajstić information content (AvgIpc) is 3.21. The largest absolute Gasteiger partial charge is 0.497 e. The molecule has 0 amide bonds. The molecule has 0 spiro atoms. The SMILES string of the molecule is COc1cccc(OCC(=O)Cc2nonc2/C(Cc2ccc(F)c(Br)c2)=N/O)c1. The van der Waals surface area contributed by atoms with Crippen molar-refractivity contribution in [3.8, 4) is 11.5 Å². The molecule has 1 aromatic heterocycles. The average molecular weight is 478 g/mol. The van der Waals surface area contributed by atoms with Gasteiger partial charge in [0.15, 0.2) is 11.5 Å². The van der Waals surface area contributed by atoms with Crippen molar-refractivity contribution in [1.82, 2.24) is 10.3 Å². The number of ketones is 1. The molecular weight excluding hydrogens is 461 g/mol. The first-order chi connectivity index (χ1) is 14.5. The summed E-state index contributed by atoms with van der Waals surface area (Å²) in [7, 11) is 1.54. The van der Waals surface area contributed by atoms with E-state index in [0.717, 1.165) is 0 Å². The zero-order valence-corrected chi connectivity index (χ0v) is 17.4. The fourth-order valence-electron chi connectivity index (χ4n) is 2.64. The number of hydrogen-bond donors (Lipinski definition) is 1. The van der Waals surface area contributed by atoms with E-state index >= 15 is 0 Å². The van der Waals surface area contributed by atoms with Gasteiger partial charge in [0.1, 0.15) is 35.3 Å². The minimum atomic E-state index is -0.410. The molecule has 0 radical (unpaired) electrons. The summed E-state index contributed by atoms with van der Waals surface area (Å²) in [4.78, 5) is 12.3. The highest BCUT2D eigenvalue weighted by Gasteiger charge is 2.20. The molecule has 0 atom stereocenters. The molecule has 0 bridgehead atoms. The van der Waals surface area contributed by atoms with Crippen LogP contribution in [0.25, 0.3) is 0 Å². The topological polar surface area (TPSA) is 107 Å². The number of ether oxygens (including phenoxy) is 2. The quantitative estimate of drug-likeness (QED) is 0.285. The molecule has 0 aliphatic carbocycles. The number of Topliss-reactive ketones (excluding diaryl/α,β-unsaturated/α-hetero) is 1. The first-order valence-corrected chi connectivity index (χ1v) is 9.54.